The van der Waals surface area contributed by atoms with E-state index < -0.39 is 5.97 Å². The molecule has 0 atom stereocenters. The number of rotatable bonds is 3. The summed E-state index contributed by atoms with van der Waals surface area (Å²) in [6.07, 6.45) is 0. The second-order valence-electron chi connectivity index (χ2n) is 2.76. The Kier molecular flexibility index (Phi) is 3.89. The quantitative estimate of drug-likeness (QED) is 0.471. The minimum absolute atomic E-state index is 0.390. The summed E-state index contributed by atoms with van der Waals surface area (Å²) < 4.78 is 4.61. The van der Waals surface area contributed by atoms with Crippen LogP contribution in [0.1, 0.15) is 11.1 Å². The highest BCUT2D eigenvalue weighted by Gasteiger charge is 2.11. The van der Waals surface area contributed by atoms with E-state index in [1.807, 2.05) is 24.3 Å². The molecule has 74 valence electrons. The third-order valence-corrected chi connectivity index (χ3v) is 2.52. The summed E-state index contributed by atoms with van der Waals surface area (Å²) in [5.74, 6) is -0.390. The molecule has 0 unspecified atom stereocenters. The summed E-state index contributed by atoms with van der Waals surface area (Å²) >= 11 is 3.35. The van der Waals surface area contributed by atoms with Crippen molar-refractivity contribution in [2.45, 2.75) is 5.33 Å². The van der Waals surface area contributed by atoms with Crippen molar-refractivity contribution in [3.05, 3.63) is 42.0 Å². The molecular weight excluding hydrogens is 244 g/mol. The number of alkyl halides is 1. The van der Waals surface area contributed by atoms with Gasteiger partial charge in [0.2, 0.25) is 0 Å². The van der Waals surface area contributed by atoms with Gasteiger partial charge in [0.05, 0.1) is 12.7 Å². The largest absolute Gasteiger partial charge is 0.465 e. The third kappa shape index (κ3) is 2.23. The number of ether oxygens (including phenoxy) is 1. The van der Waals surface area contributed by atoms with Gasteiger partial charge in [-0.25, -0.2) is 4.79 Å². The Hall–Kier alpha value is -1.09. The van der Waals surface area contributed by atoms with Crippen molar-refractivity contribution in [1.82, 2.24) is 0 Å². The lowest BCUT2D eigenvalue weighted by Gasteiger charge is -2.07. The molecular formula is C11H11BrO2. The average Bonchev–Trinajstić information content (AvgIpc) is 2.26. The molecule has 0 saturated heterocycles. The molecule has 0 spiro atoms. The summed E-state index contributed by atoms with van der Waals surface area (Å²) in [5.41, 5.74) is 2.25. The van der Waals surface area contributed by atoms with Crippen LogP contribution in [0.3, 0.4) is 0 Å². The predicted octanol–water partition coefficient (Wildman–Crippen LogP) is 2.77. The van der Waals surface area contributed by atoms with Gasteiger partial charge < -0.3 is 4.74 Å². The summed E-state index contributed by atoms with van der Waals surface area (Å²) in [7, 11) is 1.35. The molecule has 3 heteroatoms. The summed E-state index contributed by atoms with van der Waals surface area (Å²) in [6, 6.07) is 7.59. The van der Waals surface area contributed by atoms with E-state index in [0.29, 0.717) is 10.9 Å². The normalized spacial score (nSPS) is 9.57. The van der Waals surface area contributed by atoms with E-state index in [9.17, 15) is 4.79 Å². The molecule has 0 saturated carbocycles. The van der Waals surface area contributed by atoms with Crippen LogP contribution in [0.4, 0.5) is 0 Å². The first-order valence-corrected chi connectivity index (χ1v) is 5.24. The summed E-state index contributed by atoms with van der Waals surface area (Å²) in [6.45, 7) is 3.71. The second-order valence-corrected chi connectivity index (χ2v) is 3.32. The molecule has 0 aliphatic carbocycles. The van der Waals surface area contributed by atoms with Gasteiger partial charge in [-0.2, -0.15) is 0 Å². The van der Waals surface area contributed by atoms with Gasteiger partial charge in [-0.1, -0.05) is 46.8 Å². The molecule has 0 N–H and O–H groups in total. The second kappa shape index (κ2) is 4.96. The lowest BCUT2D eigenvalue weighted by molar-refractivity contribution is -0.133. The average molecular weight is 255 g/mol. The number of hydrogen-bond acceptors (Lipinski definition) is 2. The molecule has 1 aromatic carbocycles. The number of benzene rings is 1. The SMILES string of the molecule is C=C(C(=O)OC)c1ccccc1CBr. The predicted molar refractivity (Wildman–Crippen MR) is 60.1 cm³/mol. The van der Waals surface area contributed by atoms with Crippen LogP contribution in [0.2, 0.25) is 0 Å². The molecule has 0 bridgehead atoms. The first-order valence-electron chi connectivity index (χ1n) is 4.12. The summed E-state index contributed by atoms with van der Waals surface area (Å²) in [5, 5.41) is 0.694. The van der Waals surface area contributed by atoms with Gasteiger partial charge >= 0.3 is 5.97 Å². The minimum atomic E-state index is -0.390. The highest BCUT2D eigenvalue weighted by molar-refractivity contribution is 9.08. The first kappa shape index (κ1) is 11.0. The molecule has 0 heterocycles. The Bertz CT molecular complexity index is 358. The van der Waals surface area contributed by atoms with Gasteiger partial charge in [0.15, 0.2) is 0 Å². The van der Waals surface area contributed by atoms with Gasteiger partial charge in [-0.05, 0) is 11.1 Å². The van der Waals surface area contributed by atoms with Crippen LogP contribution in [0.25, 0.3) is 5.57 Å². The van der Waals surface area contributed by atoms with E-state index in [4.69, 9.17) is 0 Å². The van der Waals surface area contributed by atoms with Crippen LogP contribution in [-0.4, -0.2) is 13.1 Å². The molecule has 14 heavy (non-hydrogen) atoms. The lowest BCUT2D eigenvalue weighted by Crippen LogP contribution is -2.04. The van der Waals surface area contributed by atoms with Gasteiger partial charge in [0, 0.05) is 5.33 Å². The van der Waals surface area contributed by atoms with E-state index in [1.54, 1.807) is 0 Å². The fourth-order valence-electron chi connectivity index (χ4n) is 1.16. The molecule has 1 aromatic rings. The standard InChI is InChI=1S/C11H11BrO2/c1-8(11(13)14-2)10-6-4-3-5-9(10)7-12/h3-6H,1,7H2,2H3. The Balaban J connectivity index is 3.06. The van der Waals surface area contributed by atoms with Crippen molar-refractivity contribution < 1.29 is 9.53 Å². The van der Waals surface area contributed by atoms with E-state index >= 15 is 0 Å². The maximum absolute atomic E-state index is 11.2. The summed E-state index contributed by atoms with van der Waals surface area (Å²) in [4.78, 5) is 11.2. The minimum Gasteiger partial charge on any atom is -0.465 e. The molecule has 0 aliphatic rings. The van der Waals surface area contributed by atoms with Crippen LogP contribution in [0.5, 0.6) is 0 Å². The lowest BCUT2D eigenvalue weighted by atomic mass is 10.0. The molecule has 2 nitrogen and oxygen atoms in total. The molecule has 0 aromatic heterocycles. The highest BCUT2D eigenvalue weighted by atomic mass is 79.9. The van der Waals surface area contributed by atoms with Gasteiger partial charge in [-0.3, -0.25) is 0 Å². The number of carbonyl (C=O) groups is 1. The zero-order chi connectivity index (χ0) is 10.6. The van der Waals surface area contributed by atoms with Crippen molar-refractivity contribution in [3.8, 4) is 0 Å². The van der Waals surface area contributed by atoms with Crippen LogP contribution in [-0.2, 0) is 14.9 Å². The third-order valence-electron chi connectivity index (χ3n) is 1.92. The van der Waals surface area contributed by atoms with Crippen LogP contribution >= 0.6 is 15.9 Å². The number of halogens is 1. The Labute approximate surface area is 91.7 Å². The molecule has 0 amide bonds. The first-order chi connectivity index (χ1) is 6.70. The van der Waals surface area contributed by atoms with E-state index in [-0.39, 0.29) is 0 Å². The van der Waals surface area contributed by atoms with E-state index in [0.717, 1.165) is 11.1 Å². The van der Waals surface area contributed by atoms with E-state index in [2.05, 4.69) is 27.2 Å². The van der Waals surface area contributed by atoms with Gasteiger partial charge in [-0.15, -0.1) is 0 Å². The zero-order valence-corrected chi connectivity index (χ0v) is 9.50. The maximum Gasteiger partial charge on any atom is 0.337 e. The monoisotopic (exact) mass is 254 g/mol. The maximum atomic E-state index is 11.2. The fraction of sp³-hybridized carbons (Fsp3) is 0.182. The Morgan fingerprint density at radius 3 is 2.71 bits per heavy atom. The van der Waals surface area contributed by atoms with Crippen LogP contribution in [0.15, 0.2) is 30.8 Å². The molecule has 0 fully saturated rings. The number of hydrogen-bond donors (Lipinski definition) is 0. The van der Waals surface area contributed by atoms with Crippen molar-refractivity contribution in [2.75, 3.05) is 7.11 Å². The zero-order valence-electron chi connectivity index (χ0n) is 7.92. The Morgan fingerprint density at radius 1 is 1.50 bits per heavy atom. The fourth-order valence-corrected chi connectivity index (χ4v) is 1.65. The number of methoxy groups -OCH3 is 1. The molecule has 0 aliphatic heterocycles. The van der Waals surface area contributed by atoms with Crippen molar-refractivity contribution in [2.24, 2.45) is 0 Å². The topological polar surface area (TPSA) is 26.3 Å². The van der Waals surface area contributed by atoms with Crippen molar-refractivity contribution in [3.63, 3.8) is 0 Å². The molecule has 1 rings (SSSR count). The Morgan fingerprint density at radius 2 is 2.14 bits per heavy atom. The van der Waals surface area contributed by atoms with Gasteiger partial charge in [0.1, 0.15) is 0 Å². The van der Waals surface area contributed by atoms with Crippen LogP contribution in [0, 0.1) is 0 Å². The van der Waals surface area contributed by atoms with Crippen LogP contribution < -0.4 is 0 Å². The van der Waals surface area contributed by atoms with Gasteiger partial charge in [0.25, 0.3) is 0 Å². The van der Waals surface area contributed by atoms with Crippen molar-refractivity contribution in [1.29, 1.82) is 0 Å². The number of esters is 1. The highest BCUT2D eigenvalue weighted by Crippen LogP contribution is 2.20. The van der Waals surface area contributed by atoms with Crippen molar-refractivity contribution >= 4 is 27.5 Å². The smallest absolute Gasteiger partial charge is 0.337 e. The number of carbonyl (C=O) groups excluding carboxylic acids is 1. The molecule has 0 radical (unpaired) electrons. The van der Waals surface area contributed by atoms with E-state index in [1.165, 1.54) is 7.11 Å².